The molecule has 2 aromatic carbocycles. The first-order valence-corrected chi connectivity index (χ1v) is 9.45. The van der Waals surface area contributed by atoms with Crippen molar-refractivity contribution in [2.45, 2.75) is 26.2 Å². The van der Waals surface area contributed by atoms with Gasteiger partial charge in [0.15, 0.2) is 0 Å². The van der Waals surface area contributed by atoms with Crippen molar-refractivity contribution in [3.8, 4) is 5.75 Å². The third-order valence-electron chi connectivity index (χ3n) is 5.17. The summed E-state index contributed by atoms with van der Waals surface area (Å²) in [5.41, 5.74) is 3.70. The van der Waals surface area contributed by atoms with Gasteiger partial charge in [-0.05, 0) is 44.0 Å². The van der Waals surface area contributed by atoms with Crippen LogP contribution in [0.25, 0.3) is 10.9 Å². The maximum atomic E-state index is 13.0. The summed E-state index contributed by atoms with van der Waals surface area (Å²) in [7, 11) is 1.58. The third-order valence-corrected chi connectivity index (χ3v) is 5.17. The Bertz CT molecular complexity index is 1050. The van der Waals surface area contributed by atoms with Gasteiger partial charge in [-0.1, -0.05) is 18.2 Å². The van der Waals surface area contributed by atoms with Crippen LogP contribution in [0.15, 0.2) is 42.5 Å². The summed E-state index contributed by atoms with van der Waals surface area (Å²) in [4.78, 5) is 30.3. The van der Waals surface area contributed by atoms with E-state index in [9.17, 15) is 9.59 Å². The number of para-hydroxylation sites is 1. The Morgan fingerprint density at radius 3 is 2.79 bits per heavy atom. The lowest BCUT2D eigenvalue weighted by Gasteiger charge is -2.28. The van der Waals surface area contributed by atoms with Crippen molar-refractivity contribution in [1.82, 2.24) is 4.98 Å². The summed E-state index contributed by atoms with van der Waals surface area (Å²) in [5, 5.41) is 3.86. The van der Waals surface area contributed by atoms with Crippen molar-refractivity contribution in [1.29, 1.82) is 0 Å². The molecule has 3 aromatic rings. The van der Waals surface area contributed by atoms with Crippen LogP contribution in [-0.2, 0) is 4.79 Å². The summed E-state index contributed by atoms with van der Waals surface area (Å²) in [6, 6.07) is 13.1. The number of fused-ring (bicyclic) bond motifs is 1. The molecule has 0 radical (unpaired) electrons. The summed E-state index contributed by atoms with van der Waals surface area (Å²) in [5.74, 6) is 0.521. The second-order valence-corrected chi connectivity index (χ2v) is 7.01. The van der Waals surface area contributed by atoms with E-state index in [0.29, 0.717) is 35.7 Å². The van der Waals surface area contributed by atoms with Crippen molar-refractivity contribution < 1.29 is 14.3 Å². The van der Waals surface area contributed by atoms with E-state index in [-0.39, 0.29) is 11.8 Å². The monoisotopic (exact) mass is 377 g/mol. The number of aromatic nitrogens is 1. The minimum Gasteiger partial charge on any atom is -0.495 e. The van der Waals surface area contributed by atoms with Crippen LogP contribution in [-0.4, -0.2) is 30.5 Å². The molecule has 28 heavy (non-hydrogen) atoms. The zero-order chi connectivity index (χ0) is 19.7. The smallest absolute Gasteiger partial charge is 0.258 e. The van der Waals surface area contributed by atoms with Crippen LogP contribution in [0.3, 0.4) is 0 Å². The Balaban J connectivity index is 1.66. The number of hydrogen-bond donors (Lipinski definition) is 2. The molecule has 0 unspecified atom stereocenters. The molecule has 0 aliphatic carbocycles. The van der Waals surface area contributed by atoms with Gasteiger partial charge in [0.05, 0.1) is 18.4 Å². The van der Waals surface area contributed by atoms with Crippen LogP contribution >= 0.6 is 0 Å². The molecular weight excluding hydrogens is 354 g/mol. The fourth-order valence-corrected chi connectivity index (χ4v) is 3.80. The molecule has 4 rings (SSSR count). The van der Waals surface area contributed by atoms with Gasteiger partial charge in [-0.2, -0.15) is 0 Å². The number of piperidine rings is 1. The standard InChI is InChI=1S/C22H23N3O3/c1-14-21(16-7-3-4-8-17(16)23-14)22(27)24-15-10-11-19(28-2)18(13-15)25-12-6-5-9-20(25)26/h3-4,7-8,10-11,13,23H,5-6,9,12H2,1-2H3,(H,24,27). The molecule has 6 nitrogen and oxygen atoms in total. The van der Waals surface area contributed by atoms with E-state index in [0.717, 1.165) is 29.4 Å². The number of nitrogens with zero attached hydrogens (tertiary/aromatic N) is 1. The summed E-state index contributed by atoms with van der Waals surface area (Å²) < 4.78 is 5.44. The number of aromatic amines is 1. The van der Waals surface area contributed by atoms with Crippen LogP contribution < -0.4 is 15.0 Å². The number of methoxy groups -OCH3 is 1. The maximum absolute atomic E-state index is 13.0. The first kappa shape index (κ1) is 18.1. The van der Waals surface area contributed by atoms with Crippen LogP contribution in [0.1, 0.15) is 35.3 Å². The van der Waals surface area contributed by atoms with Crippen molar-refractivity contribution in [3.63, 3.8) is 0 Å². The van der Waals surface area contributed by atoms with Crippen molar-refractivity contribution >= 4 is 34.1 Å². The Kier molecular flexibility index (Phi) is 4.77. The number of rotatable bonds is 4. The van der Waals surface area contributed by atoms with Gasteiger partial charge in [0.25, 0.3) is 5.91 Å². The molecule has 1 fully saturated rings. The summed E-state index contributed by atoms with van der Waals surface area (Å²) in [6.07, 6.45) is 2.40. The fraction of sp³-hybridized carbons (Fsp3) is 0.273. The van der Waals surface area contributed by atoms with E-state index in [2.05, 4.69) is 10.3 Å². The third kappa shape index (κ3) is 3.22. The quantitative estimate of drug-likeness (QED) is 0.714. The summed E-state index contributed by atoms with van der Waals surface area (Å²) in [6.45, 7) is 2.55. The maximum Gasteiger partial charge on any atom is 0.258 e. The van der Waals surface area contributed by atoms with E-state index in [1.54, 1.807) is 24.1 Å². The zero-order valence-corrected chi connectivity index (χ0v) is 16.0. The fourth-order valence-electron chi connectivity index (χ4n) is 3.80. The van der Waals surface area contributed by atoms with Gasteiger partial charge >= 0.3 is 0 Å². The van der Waals surface area contributed by atoms with Gasteiger partial charge in [0, 0.05) is 35.2 Å². The van der Waals surface area contributed by atoms with Gasteiger partial charge in [0.1, 0.15) is 5.75 Å². The van der Waals surface area contributed by atoms with Gasteiger partial charge < -0.3 is 19.9 Å². The number of ether oxygens (including phenoxy) is 1. The average Bonchev–Trinajstić information content (AvgIpc) is 3.04. The number of nitrogens with one attached hydrogen (secondary N) is 2. The van der Waals surface area contributed by atoms with Crippen LogP contribution in [0.4, 0.5) is 11.4 Å². The van der Waals surface area contributed by atoms with Gasteiger partial charge in [0.2, 0.25) is 5.91 Å². The number of aryl methyl sites for hydroxylation is 1. The molecule has 1 aliphatic heterocycles. The van der Waals surface area contributed by atoms with E-state index >= 15 is 0 Å². The normalized spacial score (nSPS) is 14.4. The van der Waals surface area contributed by atoms with Crippen molar-refractivity contribution in [2.24, 2.45) is 0 Å². The Hall–Kier alpha value is -3.28. The topological polar surface area (TPSA) is 74.4 Å². The predicted octanol–water partition coefficient (Wildman–Crippen LogP) is 4.25. The molecule has 0 atom stereocenters. The molecule has 2 N–H and O–H groups in total. The summed E-state index contributed by atoms with van der Waals surface area (Å²) >= 11 is 0. The Morgan fingerprint density at radius 2 is 2.00 bits per heavy atom. The van der Waals surface area contributed by atoms with Crippen LogP contribution in [0.2, 0.25) is 0 Å². The van der Waals surface area contributed by atoms with Crippen LogP contribution in [0, 0.1) is 6.92 Å². The number of benzene rings is 2. The Labute approximate surface area is 163 Å². The van der Waals surface area contributed by atoms with Crippen molar-refractivity contribution in [3.05, 3.63) is 53.7 Å². The number of amides is 2. The number of hydrogen-bond acceptors (Lipinski definition) is 3. The lowest BCUT2D eigenvalue weighted by atomic mass is 10.1. The molecule has 1 saturated heterocycles. The molecular formula is C22H23N3O3. The lowest BCUT2D eigenvalue weighted by molar-refractivity contribution is -0.119. The van der Waals surface area contributed by atoms with Gasteiger partial charge in [-0.3, -0.25) is 9.59 Å². The molecule has 1 aromatic heterocycles. The first-order valence-electron chi connectivity index (χ1n) is 9.45. The second-order valence-electron chi connectivity index (χ2n) is 7.01. The average molecular weight is 377 g/mol. The highest BCUT2D eigenvalue weighted by Crippen LogP contribution is 2.34. The van der Waals surface area contributed by atoms with Crippen molar-refractivity contribution in [2.75, 3.05) is 23.9 Å². The number of carbonyl (C=O) groups excluding carboxylic acids is 2. The highest BCUT2D eigenvalue weighted by molar-refractivity contribution is 6.14. The lowest BCUT2D eigenvalue weighted by Crippen LogP contribution is -2.35. The first-order chi connectivity index (χ1) is 13.6. The molecule has 1 aliphatic rings. The second kappa shape index (κ2) is 7.38. The SMILES string of the molecule is COc1ccc(NC(=O)c2c(C)[nH]c3ccccc23)cc1N1CCCCC1=O. The van der Waals surface area contributed by atoms with E-state index in [4.69, 9.17) is 4.74 Å². The molecule has 144 valence electrons. The molecule has 2 amide bonds. The highest BCUT2D eigenvalue weighted by Gasteiger charge is 2.23. The molecule has 6 heteroatoms. The molecule has 0 bridgehead atoms. The molecule has 0 saturated carbocycles. The van der Waals surface area contributed by atoms with Crippen LogP contribution in [0.5, 0.6) is 5.75 Å². The zero-order valence-electron chi connectivity index (χ0n) is 16.0. The number of carbonyl (C=O) groups is 2. The molecule has 2 heterocycles. The highest BCUT2D eigenvalue weighted by atomic mass is 16.5. The predicted molar refractivity (Wildman–Crippen MR) is 110 cm³/mol. The largest absolute Gasteiger partial charge is 0.495 e. The number of anilines is 2. The minimum atomic E-state index is -0.184. The van der Waals surface area contributed by atoms with E-state index < -0.39 is 0 Å². The minimum absolute atomic E-state index is 0.0838. The van der Waals surface area contributed by atoms with Gasteiger partial charge in [-0.15, -0.1) is 0 Å². The molecule has 0 spiro atoms. The number of H-pyrrole nitrogens is 1. The van der Waals surface area contributed by atoms with Gasteiger partial charge in [-0.25, -0.2) is 0 Å². The van der Waals surface area contributed by atoms with E-state index in [1.165, 1.54) is 0 Å². The van der Waals surface area contributed by atoms with E-state index in [1.807, 2.05) is 37.3 Å². The Morgan fingerprint density at radius 1 is 1.18 bits per heavy atom.